The molecule has 3 nitrogen and oxygen atoms in total. The molecule has 0 aliphatic rings. The van der Waals surface area contributed by atoms with Crippen molar-refractivity contribution in [1.29, 1.82) is 0 Å². The summed E-state index contributed by atoms with van der Waals surface area (Å²) in [6.45, 7) is 9.62. The summed E-state index contributed by atoms with van der Waals surface area (Å²) in [5, 5.41) is 0. The topological polar surface area (TPSA) is 26.3 Å². The number of nitrogens with zero attached hydrogens (tertiary/aromatic N) is 1. The second kappa shape index (κ2) is 5.88. The van der Waals surface area contributed by atoms with E-state index >= 15 is 0 Å². The summed E-state index contributed by atoms with van der Waals surface area (Å²) in [5.74, 6) is 0.342. The van der Waals surface area contributed by atoms with Gasteiger partial charge in [-0.25, -0.2) is 0 Å². The molecule has 0 aliphatic heterocycles. The molecule has 0 radical (unpaired) electrons. The molecule has 0 saturated carbocycles. The third-order valence-electron chi connectivity index (χ3n) is 2.70. The molecule has 0 N–H and O–H groups in total. The Balaban J connectivity index is 2.69. The van der Waals surface area contributed by atoms with Crippen LogP contribution in [-0.2, 0) is 11.3 Å². The van der Waals surface area contributed by atoms with Crippen LogP contribution in [0.15, 0.2) is 24.3 Å². The molecule has 0 aromatic heterocycles. The van der Waals surface area contributed by atoms with E-state index < -0.39 is 8.07 Å². The number of carbonyl (C=O) groups excluding carboxylic acids is 1. The Morgan fingerprint density at radius 3 is 2.11 bits per heavy atom. The van der Waals surface area contributed by atoms with Crippen molar-refractivity contribution in [2.45, 2.75) is 33.1 Å². The van der Waals surface area contributed by atoms with E-state index in [1.54, 1.807) is 0 Å². The largest absolute Gasteiger partial charge is 0.427 e. The Kier molecular flexibility index (Phi) is 4.93. The first kappa shape index (κ1) is 15.9. The predicted octanol–water partition coefficient (Wildman–Crippen LogP) is 3.07. The second-order valence-corrected chi connectivity index (χ2v) is 12.5. The first-order valence-electron chi connectivity index (χ1n) is 6.67. The van der Waals surface area contributed by atoms with Crippen molar-refractivity contribution in [3.8, 4) is 5.75 Å². The van der Waals surface area contributed by atoms with Crippen LogP contribution in [0, 0.1) is 0 Å². The number of esters is 1. The first-order chi connectivity index (χ1) is 8.57. The zero-order chi connectivity index (χ0) is 14.7. The number of benzene rings is 1. The molecule has 4 heteroatoms. The van der Waals surface area contributed by atoms with Crippen LogP contribution < -0.4 is 4.74 Å². The van der Waals surface area contributed by atoms with Crippen LogP contribution in [-0.4, -0.2) is 38.8 Å². The summed E-state index contributed by atoms with van der Waals surface area (Å²) >= 11 is 0. The van der Waals surface area contributed by atoms with Crippen molar-refractivity contribution in [3.05, 3.63) is 29.8 Å². The monoisotopic (exact) mass is 280 g/mol. The number of quaternary nitrogens is 1. The molecule has 1 aromatic rings. The highest BCUT2D eigenvalue weighted by atomic mass is 28.3. The molecule has 0 unspecified atom stereocenters. The normalized spacial score (nSPS) is 12.3. The predicted molar refractivity (Wildman–Crippen MR) is 81.8 cm³/mol. The zero-order valence-electron chi connectivity index (χ0n) is 13.0. The Bertz CT molecular complexity index is 432. The van der Waals surface area contributed by atoms with Crippen molar-refractivity contribution in [1.82, 2.24) is 0 Å². The van der Waals surface area contributed by atoms with Gasteiger partial charge < -0.3 is 9.22 Å². The number of carbonyl (C=O) groups is 1. The van der Waals surface area contributed by atoms with E-state index in [1.165, 1.54) is 18.7 Å². The fraction of sp³-hybridized carbons (Fsp3) is 0.533. The lowest BCUT2D eigenvalue weighted by Gasteiger charge is -2.35. The third kappa shape index (κ3) is 6.54. The maximum Gasteiger partial charge on any atom is 0.308 e. The number of ether oxygens (including phenoxy) is 1. The van der Waals surface area contributed by atoms with E-state index in [4.69, 9.17) is 4.74 Å². The van der Waals surface area contributed by atoms with Gasteiger partial charge in [0.15, 0.2) is 0 Å². The lowest BCUT2D eigenvalue weighted by Crippen LogP contribution is -2.49. The molecule has 0 bridgehead atoms. The van der Waals surface area contributed by atoms with Crippen LogP contribution in [0.2, 0.25) is 19.6 Å². The van der Waals surface area contributed by atoms with E-state index in [1.807, 2.05) is 24.3 Å². The standard InChI is InChI=1S/C15H26NO2Si/c1-13(17)18-15-9-7-14(8-10-15)11-16(2,3)12-19(4,5)6/h7-10H,11-12H2,1-6H3/q+1. The molecule has 1 rings (SSSR count). The molecule has 0 aliphatic carbocycles. The molecule has 0 heterocycles. The van der Waals surface area contributed by atoms with Crippen LogP contribution in [0.25, 0.3) is 0 Å². The molecular formula is C15H26NO2Si+. The average Bonchev–Trinajstić information content (AvgIpc) is 2.15. The van der Waals surface area contributed by atoms with Gasteiger partial charge in [-0.05, 0) is 24.3 Å². The molecule has 0 saturated heterocycles. The van der Waals surface area contributed by atoms with Gasteiger partial charge in [0, 0.05) is 12.5 Å². The summed E-state index contributed by atoms with van der Waals surface area (Å²) in [4.78, 5) is 10.9. The van der Waals surface area contributed by atoms with Gasteiger partial charge in [-0.2, -0.15) is 0 Å². The average molecular weight is 280 g/mol. The van der Waals surface area contributed by atoms with E-state index in [2.05, 4.69) is 33.7 Å². The molecular weight excluding hydrogens is 254 g/mol. The SMILES string of the molecule is CC(=O)Oc1ccc(C[N+](C)(C)C[Si](C)(C)C)cc1. The molecule has 106 valence electrons. The highest BCUT2D eigenvalue weighted by molar-refractivity contribution is 6.75. The van der Waals surface area contributed by atoms with Crippen molar-refractivity contribution in [3.63, 3.8) is 0 Å². The fourth-order valence-electron chi connectivity index (χ4n) is 2.66. The van der Waals surface area contributed by atoms with Gasteiger partial charge in [0.2, 0.25) is 0 Å². The second-order valence-electron chi connectivity index (χ2n) is 7.05. The Morgan fingerprint density at radius 2 is 1.68 bits per heavy atom. The van der Waals surface area contributed by atoms with Crippen LogP contribution in [0.5, 0.6) is 5.75 Å². The first-order valence-corrected chi connectivity index (χ1v) is 10.4. The third-order valence-corrected chi connectivity index (χ3v) is 4.50. The molecule has 0 spiro atoms. The van der Waals surface area contributed by atoms with Crippen molar-refractivity contribution in [2.24, 2.45) is 0 Å². The number of hydrogen-bond acceptors (Lipinski definition) is 2. The highest BCUT2D eigenvalue weighted by Crippen LogP contribution is 2.17. The van der Waals surface area contributed by atoms with Crippen LogP contribution in [0.3, 0.4) is 0 Å². The minimum Gasteiger partial charge on any atom is -0.427 e. The van der Waals surface area contributed by atoms with Gasteiger partial charge in [0.05, 0.1) is 20.3 Å². The molecule has 0 amide bonds. The summed E-state index contributed by atoms with van der Waals surface area (Å²) in [6, 6.07) is 7.82. The fourth-order valence-corrected chi connectivity index (χ4v) is 5.34. The summed E-state index contributed by atoms with van der Waals surface area (Å²) < 4.78 is 6.05. The quantitative estimate of drug-likeness (QED) is 0.359. The Labute approximate surface area is 117 Å². The van der Waals surface area contributed by atoms with Gasteiger partial charge in [-0.3, -0.25) is 4.79 Å². The minimum atomic E-state index is -1.08. The molecule has 0 atom stereocenters. The van der Waals surface area contributed by atoms with Crippen molar-refractivity contribution in [2.75, 3.05) is 20.3 Å². The maximum atomic E-state index is 10.9. The van der Waals surface area contributed by atoms with E-state index in [0.717, 1.165) is 11.0 Å². The highest BCUT2D eigenvalue weighted by Gasteiger charge is 2.26. The zero-order valence-corrected chi connectivity index (χ0v) is 14.0. The van der Waals surface area contributed by atoms with Gasteiger partial charge in [-0.15, -0.1) is 0 Å². The van der Waals surface area contributed by atoms with E-state index in [-0.39, 0.29) is 5.97 Å². The van der Waals surface area contributed by atoms with Gasteiger partial charge in [-0.1, -0.05) is 19.6 Å². The number of hydrogen-bond donors (Lipinski definition) is 0. The van der Waals surface area contributed by atoms with Crippen molar-refractivity contribution < 1.29 is 14.0 Å². The van der Waals surface area contributed by atoms with Crippen LogP contribution in [0.1, 0.15) is 12.5 Å². The van der Waals surface area contributed by atoms with Gasteiger partial charge >= 0.3 is 5.97 Å². The van der Waals surface area contributed by atoms with Crippen LogP contribution >= 0.6 is 0 Å². The van der Waals surface area contributed by atoms with Crippen molar-refractivity contribution >= 4 is 14.0 Å². The Hall–Kier alpha value is -1.13. The van der Waals surface area contributed by atoms with E-state index in [0.29, 0.717) is 5.75 Å². The van der Waals surface area contributed by atoms with Gasteiger partial charge in [0.25, 0.3) is 0 Å². The van der Waals surface area contributed by atoms with Crippen LogP contribution in [0.4, 0.5) is 0 Å². The van der Waals surface area contributed by atoms with E-state index in [9.17, 15) is 4.79 Å². The molecule has 0 fully saturated rings. The smallest absolute Gasteiger partial charge is 0.308 e. The molecule has 1 aromatic carbocycles. The summed E-state index contributed by atoms with van der Waals surface area (Å²) in [7, 11) is 3.48. The lowest BCUT2D eigenvalue weighted by molar-refractivity contribution is -0.894. The number of rotatable bonds is 5. The summed E-state index contributed by atoms with van der Waals surface area (Å²) in [5.41, 5.74) is 1.28. The lowest BCUT2D eigenvalue weighted by atomic mass is 10.2. The minimum absolute atomic E-state index is 0.275. The maximum absolute atomic E-state index is 10.9. The molecule has 19 heavy (non-hydrogen) atoms. The summed E-state index contributed by atoms with van der Waals surface area (Å²) in [6.07, 6.45) is 1.25. The van der Waals surface area contributed by atoms with Gasteiger partial charge in [0.1, 0.15) is 20.4 Å². The Morgan fingerprint density at radius 1 is 1.16 bits per heavy atom.